The minimum Gasteiger partial charge on any atom is -0.466 e. The van der Waals surface area contributed by atoms with E-state index < -0.39 is 0 Å². The number of hydrogen-bond acceptors (Lipinski definition) is 4. The first-order chi connectivity index (χ1) is 13.6. The summed E-state index contributed by atoms with van der Waals surface area (Å²) in [5.41, 5.74) is 4.74. The van der Waals surface area contributed by atoms with E-state index in [0.29, 0.717) is 5.92 Å². The lowest BCUT2D eigenvalue weighted by Gasteiger charge is -2.50. The highest BCUT2D eigenvalue weighted by molar-refractivity contribution is 6.02. The Bertz CT molecular complexity index is 894. The molecule has 0 aromatic heterocycles. The van der Waals surface area contributed by atoms with Gasteiger partial charge < -0.3 is 9.64 Å². The summed E-state index contributed by atoms with van der Waals surface area (Å²) in [4.78, 5) is 2.38. The van der Waals surface area contributed by atoms with Crippen LogP contribution in [0.25, 0.3) is 0 Å². The number of ether oxygens (including phenoxy) is 1. The van der Waals surface area contributed by atoms with Crippen molar-refractivity contribution in [3.05, 3.63) is 65.2 Å². The first-order valence-electron chi connectivity index (χ1n) is 10.5. The van der Waals surface area contributed by atoms with Gasteiger partial charge in [-0.3, -0.25) is 0 Å². The van der Waals surface area contributed by atoms with Gasteiger partial charge in [0.1, 0.15) is 5.75 Å². The van der Waals surface area contributed by atoms with E-state index in [1.165, 1.54) is 22.4 Å². The zero-order valence-electron chi connectivity index (χ0n) is 17.1. The molecule has 0 radical (unpaired) electrons. The van der Waals surface area contributed by atoms with E-state index in [-0.39, 0.29) is 11.8 Å². The first-order valence-corrected chi connectivity index (χ1v) is 10.5. The van der Waals surface area contributed by atoms with Crippen molar-refractivity contribution in [3.8, 4) is 5.75 Å². The Labute approximate surface area is 167 Å². The molecule has 1 saturated heterocycles. The molecule has 4 heteroatoms. The molecular weight excluding hydrogens is 346 g/mol. The minimum absolute atomic E-state index is 0.271. The molecule has 1 spiro atoms. The van der Waals surface area contributed by atoms with Gasteiger partial charge in [-0.25, -0.2) is 5.01 Å². The highest BCUT2D eigenvalue weighted by Gasteiger charge is 2.51. The Morgan fingerprint density at radius 1 is 1.04 bits per heavy atom. The van der Waals surface area contributed by atoms with Crippen molar-refractivity contribution in [2.75, 3.05) is 20.1 Å². The average molecular weight is 376 g/mol. The SMILES string of the molecule is CC(C)c1ccc(C2=NN3[C@H](C2)c2ccccc2OC32CCN(C)CC2)cc1. The van der Waals surface area contributed by atoms with Crippen LogP contribution in [0.2, 0.25) is 0 Å². The topological polar surface area (TPSA) is 28.1 Å². The van der Waals surface area contributed by atoms with Crippen LogP contribution < -0.4 is 4.74 Å². The Morgan fingerprint density at radius 3 is 2.46 bits per heavy atom. The molecule has 4 nitrogen and oxygen atoms in total. The number of piperidine rings is 1. The van der Waals surface area contributed by atoms with Crippen LogP contribution in [-0.4, -0.2) is 41.5 Å². The van der Waals surface area contributed by atoms with Crippen LogP contribution in [0, 0.1) is 0 Å². The molecule has 0 aliphatic carbocycles. The summed E-state index contributed by atoms with van der Waals surface area (Å²) in [6, 6.07) is 17.8. The number of para-hydroxylation sites is 1. The Morgan fingerprint density at radius 2 is 1.75 bits per heavy atom. The molecule has 0 bridgehead atoms. The smallest absolute Gasteiger partial charge is 0.200 e. The zero-order chi connectivity index (χ0) is 19.3. The molecule has 28 heavy (non-hydrogen) atoms. The number of nitrogens with zero attached hydrogens (tertiary/aromatic N) is 3. The lowest BCUT2D eigenvalue weighted by Crippen LogP contribution is -2.58. The lowest BCUT2D eigenvalue weighted by atomic mass is 9.90. The van der Waals surface area contributed by atoms with Crippen molar-refractivity contribution < 1.29 is 4.74 Å². The lowest BCUT2D eigenvalue weighted by molar-refractivity contribution is -0.147. The van der Waals surface area contributed by atoms with Crippen molar-refractivity contribution in [2.45, 2.75) is 50.8 Å². The molecule has 0 unspecified atom stereocenters. The van der Waals surface area contributed by atoms with E-state index in [4.69, 9.17) is 9.84 Å². The van der Waals surface area contributed by atoms with Crippen LogP contribution in [0.4, 0.5) is 0 Å². The number of hydrazone groups is 1. The van der Waals surface area contributed by atoms with Crippen LogP contribution in [0.3, 0.4) is 0 Å². The number of hydrogen-bond donors (Lipinski definition) is 0. The summed E-state index contributed by atoms with van der Waals surface area (Å²) in [5, 5.41) is 7.46. The third kappa shape index (κ3) is 2.82. The largest absolute Gasteiger partial charge is 0.466 e. The van der Waals surface area contributed by atoms with E-state index >= 15 is 0 Å². The van der Waals surface area contributed by atoms with E-state index in [1.807, 2.05) is 0 Å². The van der Waals surface area contributed by atoms with E-state index in [1.54, 1.807) is 0 Å². The highest BCUT2D eigenvalue weighted by Crippen LogP contribution is 2.49. The quantitative estimate of drug-likeness (QED) is 0.756. The van der Waals surface area contributed by atoms with Crippen molar-refractivity contribution in [1.29, 1.82) is 0 Å². The van der Waals surface area contributed by atoms with Gasteiger partial charge in [0.15, 0.2) is 0 Å². The molecule has 146 valence electrons. The van der Waals surface area contributed by atoms with Gasteiger partial charge in [-0.1, -0.05) is 56.3 Å². The molecule has 1 fully saturated rings. The van der Waals surface area contributed by atoms with Crippen LogP contribution in [-0.2, 0) is 0 Å². The van der Waals surface area contributed by atoms with E-state index in [2.05, 4.69) is 79.3 Å². The van der Waals surface area contributed by atoms with Crippen molar-refractivity contribution >= 4 is 5.71 Å². The summed E-state index contributed by atoms with van der Waals surface area (Å²) in [7, 11) is 2.19. The number of benzene rings is 2. The number of likely N-dealkylation sites (tertiary alicyclic amines) is 1. The van der Waals surface area contributed by atoms with Gasteiger partial charge in [0.2, 0.25) is 5.72 Å². The molecule has 5 rings (SSSR count). The Kier molecular flexibility index (Phi) is 4.20. The normalized spacial score (nSPS) is 23.4. The fraction of sp³-hybridized carbons (Fsp3) is 0.458. The molecule has 2 aromatic carbocycles. The predicted molar refractivity (Wildman–Crippen MR) is 113 cm³/mol. The molecule has 0 saturated carbocycles. The van der Waals surface area contributed by atoms with Gasteiger partial charge in [-0.15, -0.1) is 0 Å². The molecule has 3 aliphatic heterocycles. The summed E-state index contributed by atoms with van der Waals surface area (Å²) in [6.45, 7) is 6.56. The maximum atomic E-state index is 6.65. The molecule has 3 heterocycles. The molecule has 2 aromatic rings. The van der Waals surface area contributed by atoms with Gasteiger partial charge in [0.25, 0.3) is 0 Å². The third-order valence-corrected chi connectivity index (χ3v) is 6.58. The Hall–Kier alpha value is -2.33. The molecule has 0 N–H and O–H groups in total. The van der Waals surface area contributed by atoms with Gasteiger partial charge >= 0.3 is 0 Å². The monoisotopic (exact) mass is 375 g/mol. The maximum absolute atomic E-state index is 6.65. The van der Waals surface area contributed by atoms with Crippen molar-refractivity contribution in [3.63, 3.8) is 0 Å². The summed E-state index contributed by atoms with van der Waals surface area (Å²) in [5.74, 6) is 1.59. The van der Waals surface area contributed by atoms with Crippen molar-refractivity contribution in [1.82, 2.24) is 9.91 Å². The summed E-state index contributed by atoms with van der Waals surface area (Å²) < 4.78 is 6.65. The minimum atomic E-state index is -0.314. The molecule has 3 aliphatic rings. The fourth-order valence-corrected chi connectivity index (χ4v) is 4.76. The van der Waals surface area contributed by atoms with Crippen LogP contribution in [0.1, 0.15) is 61.8 Å². The maximum Gasteiger partial charge on any atom is 0.200 e. The van der Waals surface area contributed by atoms with Gasteiger partial charge in [0.05, 0.1) is 11.8 Å². The number of fused-ring (bicyclic) bond motifs is 4. The number of rotatable bonds is 2. The second-order valence-electron chi connectivity index (χ2n) is 8.78. The third-order valence-electron chi connectivity index (χ3n) is 6.58. The van der Waals surface area contributed by atoms with E-state index in [0.717, 1.165) is 38.1 Å². The average Bonchev–Trinajstić information content (AvgIpc) is 3.17. The van der Waals surface area contributed by atoms with E-state index in [9.17, 15) is 0 Å². The van der Waals surface area contributed by atoms with Gasteiger partial charge in [-0.05, 0) is 30.2 Å². The second-order valence-corrected chi connectivity index (χ2v) is 8.78. The molecule has 0 amide bonds. The first kappa shape index (κ1) is 17.7. The van der Waals surface area contributed by atoms with Crippen molar-refractivity contribution in [2.24, 2.45) is 5.10 Å². The fourth-order valence-electron chi connectivity index (χ4n) is 4.76. The second kappa shape index (κ2) is 6.63. The molecule has 1 atom stereocenters. The molecular formula is C24H29N3O. The van der Waals surface area contributed by atoms with Gasteiger partial charge in [-0.2, -0.15) is 5.10 Å². The van der Waals surface area contributed by atoms with Crippen LogP contribution in [0.5, 0.6) is 5.75 Å². The van der Waals surface area contributed by atoms with Gasteiger partial charge in [0, 0.05) is 37.9 Å². The standard InChI is InChI=1S/C24H29N3O/c1-17(2)18-8-10-19(11-9-18)21-16-22-20-6-4-5-7-23(20)28-24(27(22)25-21)12-14-26(3)15-13-24/h4-11,17,22H,12-16H2,1-3H3/t22-/m1/s1. The zero-order valence-corrected chi connectivity index (χ0v) is 17.1. The van der Waals surface area contributed by atoms with Crippen LogP contribution in [0.15, 0.2) is 53.6 Å². The van der Waals surface area contributed by atoms with Crippen LogP contribution >= 0.6 is 0 Å². The summed E-state index contributed by atoms with van der Waals surface area (Å²) in [6.07, 6.45) is 2.91. The Balaban J connectivity index is 1.53. The summed E-state index contributed by atoms with van der Waals surface area (Å²) >= 11 is 0. The predicted octanol–water partition coefficient (Wildman–Crippen LogP) is 4.78. The highest BCUT2D eigenvalue weighted by atomic mass is 16.5.